The summed E-state index contributed by atoms with van der Waals surface area (Å²) in [6.45, 7) is 0. The molecule has 4 heterocycles. The molecule has 4 aromatic heterocycles. The van der Waals surface area contributed by atoms with Crippen LogP contribution in [0.1, 0.15) is 0 Å². The fourth-order valence-corrected chi connectivity index (χ4v) is 9.29. The molecule has 0 atom stereocenters. The summed E-state index contributed by atoms with van der Waals surface area (Å²) in [5.74, 6) is 2.73. The van der Waals surface area contributed by atoms with Crippen LogP contribution in [0.15, 0.2) is 211 Å². The Balaban J connectivity index is 1.03. The maximum absolute atomic E-state index is 6.58. The summed E-state index contributed by atoms with van der Waals surface area (Å²) >= 11 is 0. The Labute approximate surface area is 360 Å². The number of hydrogen-bond acceptors (Lipinski definition) is 5. The van der Waals surface area contributed by atoms with Gasteiger partial charge in [-0.3, -0.25) is 4.57 Å². The number of benzene rings is 9. The summed E-state index contributed by atoms with van der Waals surface area (Å²) in [4.78, 5) is 20.6. The molecule has 0 radical (unpaired) electrons. The molecule has 13 aromatic rings. The van der Waals surface area contributed by atoms with Crippen LogP contribution in [0.3, 0.4) is 0 Å². The average molecular weight is 807 g/mol. The minimum atomic E-state index is 0.584. The quantitative estimate of drug-likeness (QED) is 0.167. The molecule has 0 N–H and O–H groups in total. The fraction of sp³-hybridized carbons (Fsp3) is 0. The van der Waals surface area contributed by atoms with E-state index in [-0.39, 0.29) is 0 Å². The zero-order chi connectivity index (χ0) is 41.4. The lowest BCUT2D eigenvalue weighted by atomic mass is 10.0. The van der Waals surface area contributed by atoms with E-state index in [1.165, 1.54) is 5.39 Å². The Morgan fingerprint density at radius 2 is 1.00 bits per heavy atom. The highest BCUT2D eigenvalue weighted by molar-refractivity contribution is 6.18. The topological polar surface area (TPSA) is 74.6 Å². The fourth-order valence-electron chi connectivity index (χ4n) is 9.29. The molecule has 0 amide bonds. The molecule has 0 bridgehead atoms. The Kier molecular flexibility index (Phi) is 7.77. The van der Waals surface area contributed by atoms with E-state index in [0.717, 1.165) is 99.6 Å². The molecular formula is C56H34N6O. The van der Waals surface area contributed by atoms with Gasteiger partial charge in [0.15, 0.2) is 17.5 Å². The number of aromatic nitrogens is 6. The summed E-state index contributed by atoms with van der Waals surface area (Å²) in [5, 5.41) is 6.49. The van der Waals surface area contributed by atoms with Crippen LogP contribution in [0, 0.1) is 0 Å². The minimum Gasteiger partial charge on any atom is -0.456 e. The monoisotopic (exact) mass is 806 g/mol. The predicted molar refractivity (Wildman–Crippen MR) is 255 cm³/mol. The Morgan fingerprint density at radius 3 is 1.73 bits per heavy atom. The Morgan fingerprint density at radius 1 is 0.349 bits per heavy atom. The van der Waals surface area contributed by atoms with Crippen LogP contribution in [-0.4, -0.2) is 29.1 Å². The number of para-hydroxylation sites is 2. The maximum atomic E-state index is 6.58. The van der Waals surface area contributed by atoms with E-state index in [1.807, 2.05) is 78.9 Å². The summed E-state index contributed by atoms with van der Waals surface area (Å²) in [6.07, 6.45) is 0. The maximum Gasteiger partial charge on any atom is 0.164 e. The number of nitrogens with zero attached hydrogens (tertiary/aromatic N) is 6. The Bertz CT molecular complexity index is 3830. The molecule has 9 aromatic carbocycles. The van der Waals surface area contributed by atoms with Crippen molar-refractivity contribution in [2.45, 2.75) is 0 Å². The van der Waals surface area contributed by atoms with Gasteiger partial charge in [-0.15, -0.1) is 0 Å². The molecule has 0 unspecified atom stereocenters. The third-order valence-corrected chi connectivity index (χ3v) is 12.2. The second kappa shape index (κ2) is 13.9. The zero-order valence-electron chi connectivity index (χ0n) is 33.7. The first-order valence-electron chi connectivity index (χ1n) is 21.1. The lowest BCUT2D eigenvalue weighted by molar-refractivity contribution is 0.669. The third-order valence-electron chi connectivity index (χ3n) is 12.2. The highest BCUT2D eigenvalue weighted by Crippen LogP contribution is 2.41. The van der Waals surface area contributed by atoms with Crippen LogP contribution >= 0.6 is 0 Å². The second-order valence-corrected chi connectivity index (χ2v) is 15.8. The van der Waals surface area contributed by atoms with Crippen molar-refractivity contribution in [2.24, 2.45) is 0 Å². The Hall–Kier alpha value is -8.68. The SMILES string of the molecule is c1ccc(-c2nc(-c3ccccc3)nc(-c3cccc4oc5ccc(-n6c7ccccc7c7cc8c(ccc9c8nc(-c8ccccc8)n9-c8ccccc8)cc76)cc5c34)n2)cc1. The van der Waals surface area contributed by atoms with E-state index in [0.29, 0.717) is 17.5 Å². The normalized spacial score (nSPS) is 11.8. The first-order chi connectivity index (χ1) is 31.2. The molecule has 7 heteroatoms. The summed E-state index contributed by atoms with van der Waals surface area (Å²) in [7, 11) is 0. The predicted octanol–water partition coefficient (Wildman–Crippen LogP) is 14.0. The van der Waals surface area contributed by atoms with Crippen LogP contribution in [0.4, 0.5) is 0 Å². The molecule has 0 aliphatic rings. The van der Waals surface area contributed by atoms with Crippen LogP contribution < -0.4 is 0 Å². The van der Waals surface area contributed by atoms with Gasteiger partial charge >= 0.3 is 0 Å². The van der Waals surface area contributed by atoms with E-state index in [2.05, 4.69) is 137 Å². The van der Waals surface area contributed by atoms with Gasteiger partial charge in [0.05, 0.1) is 22.1 Å². The van der Waals surface area contributed by atoms with E-state index in [1.54, 1.807) is 0 Å². The van der Waals surface area contributed by atoms with Crippen LogP contribution in [-0.2, 0) is 0 Å². The first-order valence-corrected chi connectivity index (χ1v) is 21.1. The van der Waals surface area contributed by atoms with Crippen LogP contribution in [0.25, 0.3) is 122 Å². The first kappa shape index (κ1) is 35.1. The number of hydrogen-bond donors (Lipinski definition) is 0. The molecule has 7 nitrogen and oxygen atoms in total. The van der Waals surface area contributed by atoms with E-state index < -0.39 is 0 Å². The molecule has 0 aliphatic carbocycles. The zero-order valence-corrected chi connectivity index (χ0v) is 33.7. The standard InChI is InChI=1S/C56H34N6O/c1-5-16-35(17-6-1)53-58-54(36-18-7-2-8-19-36)60-55(59-53)42-25-15-27-50-51(42)45-33-40(29-31-49(45)63-50)61-46-26-14-13-24-41(46)44-34-43-38(32-48(44)61)28-30-47-52(43)57-56(37-20-9-3-10-21-37)62(47)39-22-11-4-12-23-39/h1-34H. The van der Waals surface area contributed by atoms with Gasteiger partial charge in [0.2, 0.25) is 0 Å². The molecule has 0 fully saturated rings. The van der Waals surface area contributed by atoms with Crippen LogP contribution in [0.5, 0.6) is 0 Å². The lowest BCUT2D eigenvalue weighted by Gasteiger charge is -2.11. The molecule has 0 saturated heterocycles. The minimum absolute atomic E-state index is 0.584. The number of fused-ring (bicyclic) bond motifs is 9. The molecule has 0 spiro atoms. The average Bonchev–Trinajstić information content (AvgIpc) is 4.04. The van der Waals surface area contributed by atoms with Gasteiger partial charge < -0.3 is 8.98 Å². The lowest BCUT2D eigenvalue weighted by Crippen LogP contribution is -2.00. The van der Waals surface area contributed by atoms with Crippen molar-refractivity contribution >= 4 is 65.6 Å². The van der Waals surface area contributed by atoms with Gasteiger partial charge in [0.1, 0.15) is 17.0 Å². The third kappa shape index (κ3) is 5.60. The van der Waals surface area contributed by atoms with Gasteiger partial charge in [0.25, 0.3) is 0 Å². The molecule has 0 aliphatic heterocycles. The summed E-state index contributed by atoms with van der Waals surface area (Å²) in [6, 6.07) is 71.5. The second-order valence-electron chi connectivity index (χ2n) is 15.8. The van der Waals surface area contributed by atoms with Gasteiger partial charge in [-0.05, 0) is 66.0 Å². The number of imidazole rings is 1. The van der Waals surface area contributed by atoms with Crippen molar-refractivity contribution < 1.29 is 4.42 Å². The number of furan rings is 1. The molecule has 13 rings (SSSR count). The largest absolute Gasteiger partial charge is 0.456 e. The highest BCUT2D eigenvalue weighted by atomic mass is 16.3. The van der Waals surface area contributed by atoms with Crippen molar-refractivity contribution in [3.8, 4) is 56.9 Å². The van der Waals surface area contributed by atoms with Crippen molar-refractivity contribution in [1.82, 2.24) is 29.1 Å². The van der Waals surface area contributed by atoms with Gasteiger partial charge in [-0.25, -0.2) is 19.9 Å². The highest BCUT2D eigenvalue weighted by Gasteiger charge is 2.22. The molecular weight excluding hydrogens is 773 g/mol. The van der Waals surface area contributed by atoms with Crippen molar-refractivity contribution in [3.05, 3.63) is 206 Å². The molecule has 294 valence electrons. The van der Waals surface area contributed by atoms with Crippen molar-refractivity contribution in [3.63, 3.8) is 0 Å². The number of rotatable bonds is 6. The van der Waals surface area contributed by atoms with E-state index >= 15 is 0 Å². The van der Waals surface area contributed by atoms with Gasteiger partial charge in [-0.1, -0.05) is 146 Å². The van der Waals surface area contributed by atoms with Gasteiger partial charge in [0, 0.05) is 60.6 Å². The summed E-state index contributed by atoms with van der Waals surface area (Å²) in [5.41, 5.74) is 11.7. The summed E-state index contributed by atoms with van der Waals surface area (Å²) < 4.78 is 11.2. The van der Waals surface area contributed by atoms with Crippen LogP contribution in [0.2, 0.25) is 0 Å². The smallest absolute Gasteiger partial charge is 0.164 e. The van der Waals surface area contributed by atoms with E-state index in [4.69, 9.17) is 24.4 Å². The van der Waals surface area contributed by atoms with Crippen molar-refractivity contribution in [2.75, 3.05) is 0 Å². The van der Waals surface area contributed by atoms with Crippen molar-refractivity contribution in [1.29, 1.82) is 0 Å². The molecule has 63 heavy (non-hydrogen) atoms. The molecule has 0 saturated carbocycles. The van der Waals surface area contributed by atoms with E-state index in [9.17, 15) is 0 Å². The van der Waals surface area contributed by atoms with Gasteiger partial charge in [-0.2, -0.15) is 0 Å².